The molecule has 0 aliphatic heterocycles. The summed E-state index contributed by atoms with van der Waals surface area (Å²) in [5, 5.41) is 0. The summed E-state index contributed by atoms with van der Waals surface area (Å²) in [6.45, 7) is 2.06. The summed E-state index contributed by atoms with van der Waals surface area (Å²) >= 11 is 0. The van der Waals surface area contributed by atoms with E-state index in [-0.39, 0.29) is 18.0 Å². The van der Waals surface area contributed by atoms with E-state index < -0.39 is 0 Å². The fourth-order valence-corrected chi connectivity index (χ4v) is 2.98. The van der Waals surface area contributed by atoms with E-state index in [1.165, 1.54) is 11.1 Å². The van der Waals surface area contributed by atoms with E-state index in [0.29, 0.717) is 0 Å². The van der Waals surface area contributed by atoms with E-state index in [4.69, 9.17) is 5.73 Å². The molecule has 0 saturated carbocycles. The Morgan fingerprint density at radius 2 is 2.21 bits per heavy atom. The first-order valence-corrected chi connectivity index (χ1v) is 7.25. The number of nitrogens with two attached hydrogens (primary N) is 1. The highest BCUT2D eigenvalue weighted by molar-refractivity contribution is 5.81. The van der Waals surface area contributed by atoms with Gasteiger partial charge in [0, 0.05) is 7.05 Å². The van der Waals surface area contributed by atoms with Crippen molar-refractivity contribution < 1.29 is 4.79 Å². The molecule has 0 aromatic heterocycles. The van der Waals surface area contributed by atoms with Crippen LogP contribution in [0.25, 0.3) is 0 Å². The van der Waals surface area contributed by atoms with Gasteiger partial charge < -0.3 is 10.6 Å². The number of benzene rings is 1. The lowest BCUT2D eigenvalue weighted by Gasteiger charge is -2.34. The summed E-state index contributed by atoms with van der Waals surface area (Å²) in [6.07, 6.45) is 5.01. The first-order valence-electron chi connectivity index (χ1n) is 7.25. The Bertz CT molecular complexity index is 444. The zero-order valence-corrected chi connectivity index (χ0v) is 11.9. The third kappa shape index (κ3) is 2.98. The number of hydrogen-bond donors (Lipinski definition) is 1. The highest BCUT2D eigenvalue weighted by atomic mass is 16.2. The predicted octanol–water partition coefficient (Wildman–Crippen LogP) is 2.65. The van der Waals surface area contributed by atoms with Crippen molar-refractivity contribution in [3.05, 3.63) is 35.4 Å². The molecule has 1 unspecified atom stereocenters. The van der Waals surface area contributed by atoms with E-state index >= 15 is 0 Å². The van der Waals surface area contributed by atoms with Crippen LogP contribution in [-0.2, 0) is 11.2 Å². The van der Waals surface area contributed by atoms with Gasteiger partial charge in [-0.15, -0.1) is 0 Å². The minimum absolute atomic E-state index is 0.0727. The predicted molar refractivity (Wildman–Crippen MR) is 77.8 cm³/mol. The van der Waals surface area contributed by atoms with Crippen molar-refractivity contribution in [2.24, 2.45) is 5.73 Å². The zero-order valence-electron chi connectivity index (χ0n) is 11.9. The summed E-state index contributed by atoms with van der Waals surface area (Å²) < 4.78 is 0. The van der Waals surface area contributed by atoms with Crippen LogP contribution in [0.2, 0.25) is 0 Å². The standard InChI is InChI=1S/C16H24N2O/c1-3-7-14(17)16(19)18(2)15-11-6-9-12-8-4-5-10-13(12)15/h4-5,8,10,14-15H,3,6-7,9,11,17H2,1-2H3/t14-,15?/m1/s1. The smallest absolute Gasteiger partial charge is 0.239 e. The van der Waals surface area contributed by atoms with E-state index in [9.17, 15) is 4.79 Å². The fraction of sp³-hybridized carbons (Fsp3) is 0.562. The van der Waals surface area contributed by atoms with Gasteiger partial charge in [0.25, 0.3) is 0 Å². The molecule has 2 N–H and O–H groups in total. The van der Waals surface area contributed by atoms with Crippen LogP contribution in [0.5, 0.6) is 0 Å². The first-order chi connectivity index (χ1) is 9.15. The Hall–Kier alpha value is -1.35. The number of carbonyl (C=O) groups is 1. The van der Waals surface area contributed by atoms with Crippen LogP contribution in [0.4, 0.5) is 0 Å². The maximum atomic E-state index is 12.3. The van der Waals surface area contributed by atoms with Crippen LogP contribution in [0.3, 0.4) is 0 Å². The molecule has 2 atom stereocenters. The second-order valence-corrected chi connectivity index (χ2v) is 5.45. The topological polar surface area (TPSA) is 46.3 Å². The van der Waals surface area contributed by atoms with Crippen molar-refractivity contribution in [3.63, 3.8) is 0 Å². The molecular weight excluding hydrogens is 236 g/mol. The number of nitrogens with zero attached hydrogens (tertiary/aromatic N) is 1. The van der Waals surface area contributed by atoms with Gasteiger partial charge in [0.05, 0.1) is 12.1 Å². The number of likely N-dealkylation sites (N-methyl/N-ethyl adjacent to an activating group) is 1. The third-order valence-electron chi connectivity index (χ3n) is 4.07. The fourth-order valence-electron chi connectivity index (χ4n) is 2.98. The van der Waals surface area contributed by atoms with Crippen LogP contribution >= 0.6 is 0 Å². The Balaban J connectivity index is 2.16. The molecule has 1 aromatic carbocycles. The molecule has 1 aromatic rings. The van der Waals surface area contributed by atoms with Gasteiger partial charge in [-0.1, -0.05) is 37.6 Å². The second-order valence-electron chi connectivity index (χ2n) is 5.45. The summed E-state index contributed by atoms with van der Waals surface area (Å²) in [5.74, 6) is 0.0727. The van der Waals surface area contributed by atoms with Gasteiger partial charge in [-0.05, 0) is 36.8 Å². The van der Waals surface area contributed by atoms with Crippen LogP contribution < -0.4 is 5.73 Å². The molecule has 1 aliphatic carbocycles. The van der Waals surface area contributed by atoms with Crippen LogP contribution in [0, 0.1) is 0 Å². The quantitative estimate of drug-likeness (QED) is 0.904. The summed E-state index contributed by atoms with van der Waals surface area (Å²) in [4.78, 5) is 14.2. The molecule has 1 amide bonds. The maximum Gasteiger partial charge on any atom is 0.239 e. The molecule has 104 valence electrons. The summed E-state index contributed by atoms with van der Waals surface area (Å²) in [5.41, 5.74) is 8.64. The van der Waals surface area contributed by atoms with Crippen LogP contribution in [-0.4, -0.2) is 23.9 Å². The largest absolute Gasteiger partial charge is 0.337 e. The van der Waals surface area contributed by atoms with Crippen molar-refractivity contribution in [3.8, 4) is 0 Å². The summed E-state index contributed by atoms with van der Waals surface area (Å²) in [7, 11) is 1.89. The molecule has 3 nitrogen and oxygen atoms in total. The van der Waals surface area contributed by atoms with E-state index in [2.05, 4.69) is 31.2 Å². The van der Waals surface area contributed by atoms with Gasteiger partial charge in [-0.2, -0.15) is 0 Å². The van der Waals surface area contributed by atoms with Crippen LogP contribution in [0.1, 0.15) is 49.8 Å². The average molecular weight is 260 g/mol. The van der Waals surface area contributed by atoms with Crippen LogP contribution in [0.15, 0.2) is 24.3 Å². The Labute approximate surface area is 115 Å². The van der Waals surface area contributed by atoms with Crippen molar-refractivity contribution in [1.82, 2.24) is 4.90 Å². The van der Waals surface area contributed by atoms with E-state index in [1.807, 2.05) is 11.9 Å². The third-order valence-corrected chi connectivity index (χ3v) is 4.07. The number of rotatable bonds is 4. The molecule has 0 heterocycles. The molecule has 0 saturated heterocycles. The van der Waals surface area contributed by atoms with Crippen molar-refractivity contribution >= 4 is 5.91 Å². The number of fused-ring (bicyclic) bond motifs is 1. The normalized spacial score (nSPS) is 19.6. The average Bonchev–Trinajstić information content (AvgIpc) is 2.45. The molecule has 0 bridgehead atoms. The number of carbonyl (C=O) groups excluding carboxylic acids is 1. The van der Waals surface area contributed by atoms with Crippen molar-refractivity contribution in [1.29, 1.82) is 0 Å². The summed E-state index contributed by atoms with van der Waals surface area (Å²) in [6, 6.07) is 8.29. The Morgan fingerprint density at radius 1 is 1.47 bits per heavy atom. The van der Waals surface area contributed by atoms with Gasteiger partial charge >= 0.3 is 0 Å². The van der Waals surface area contributed by atoms with Gasteiger partial charge in [0.15, 0.2) is 0 Å². The second kappa shape index (κ2) is 6.20. The Morgan fingerprint density at radius 3 is 2.95 bits per heavy atom. The lowest BCUT2D eigenvalue weighted by molar-refractivity contribution is -0.134. The van der Waals surface area contributed by atoms with Gasteiger partial charge in [-0.25, -0.2) is 0 Å². The number of aryl methyl sites for hydroxylation is 1. The zero-order chi connectivity index (χ0) is 13.8. The lowest BCUT2D eigenvalue weighted by Crippen LogP contribution is -2.44. The van der Waals surface area contributed by atoms with Crippen molar-refractivity contribution in [2.75, 3.05) is 7.05 Å². The van der Waals surface area contributed by atoms with Gasteiger partial charge in [0.2, 0.25) is 5.91 Å². The molecule has 1 aliphatic rings. The minimum atomic E-state index is -0.357. The van der Waals surface area contributed by atoms with Gasteiger partial charge in [0.1, 0.15) is 0 Å². The molecule has 0 fully saturated rings. The number of hydrogen-bond acceptors (Lipinski definition) is 2. The number of amides is 1. The highest BCUT2D eigenvalue weighted by Crippen LogP contribution is 2.33. The molecule has 0 radical (unpaired) electrons. The molecule has 3 heteroatoms. The SMILES string of the molecule is CCC[C@@H](N)C(=O)N(C)C1CCCc2ccccc21. The highest BCUT2D eigenvalue weighted by Gasteiger charge is 2.28. The minimum Gasteiger partial charge on any atom is -0.337 e. The van der Waals surface area contributed by atoms with Gasteiger partial charge in [-0.3, -0.25) is 4.79 Å². The first kappa shape index (κ1) is 14.1. The molecule has 19 heavy (non-hydrogen) atoms. The van der Waals surface area contributed by atoms with E-state index in [0.717, 1.165) is 32.1 Å². The van der Waals surface area contributed by atoms with E-state index in [1.54, 1.807) is 0 Å². The molecular formula is C16H24N2O. The molecule has 2 rings (SSSR count). The van der Waals surface area contributed by atoms with Crippen molar-refractivity contribution in [2.45, 2.75) is 51.1 Å². The molecule has 0 spiro atoms. The monoisotopic (exact) mass is 260 g/mol. The lowest BCUT2D eigenvalue weighted by atomic mass is 9.86. The Kier molecular flexibility index (Phi) is 4.59. The maximum absolute atomic E-state index is 12.3.